The van der Waals surface area contributed by atoms with Gasteiger partial charge in [-0.15, -0.1) is 0 Å². The molecule has 2 heteroatoms. The van der Waals surface area contributed by atoms with Crippen LogP contribution in [-0.4, -0.2) is 13.2 Å². The van der Waals surface area contributed by atoms with E-state index in [1.165, 1.54) is 16.7 Å². The van der Waals surface area contributed by atoms with Gasteiger partial charge in [-0.05, 0) is 23.6 Å². The Morgan fingerprint density at radius 1 is 1.00 bits per heavy atom. The molecule has 0 atom stereocenters. The average molecular weight is 176 g/mol. The van der Waals surface area contributed by atoms with Crippen LogP contribution in [-0.2, 0) is 24.2 Å². The maximum absolute atomic E-state index is 5.51. The minimum atomic E-state index is 0.780. The first-order valence-electron chi connectivity index (χ1n) is 4.79. The standard InChI is InChI=1S/C11H12O2/c1-2-11-9(4-6-13-11)10-7-12-5-3-8(1)10/h1-2H,3-7H2. The Kier molecular flexibility index (Phi) is 1.56. The molecule has 13 heavy (non-hydrogen) atoms. The molecule has 0 aliphatic carbocycles. The molecule has 68 valence electrons. The molecule has 0 saturated heterocycles. The fraction of sp³-hybridized carbons (Fsp3) is 0.455. The van der Waals surface area contributed by atoms with Crippen LogP contribution >= 0.6 is 0 Å². The van der Waals surface area contributed by atoms with Gasteiger partial charge in [-0.25, -0.2) is 0 Å². The summed E-state index contributed by atoms with van der Waals surface area (Å²) < 4.78 is 11.0. The van der Waals surface area contributed by atoms with Gasteiger partial charge in [-0.3, -0.25) is 0 Å². The van der Waals surface area contributed by atoms with Crippen LogP contribution in [0.25, 0.3) is 0 Å². The summed E-state index contributed by atoms with van der Waals surface area (Å²) in [6.45, 7) is 2.49. The van der Waals surface area contributed by atoms with Gasteiger partial charge < -0.3 is 9.47 Å². The van der Waals surface area contributed by atoms with Crippen molar-refractivity contribution in [3.8, 4) is 5.75 Å². The lowest BCUT2D eigenvalue weighted by Gasteiger charge is -2.18. The topological polar surface area (TPSA) is 18.5 Å². The Morgan fingerprint density at radius 3 is 3.00 bits per heavy atom. The van der Waals surface area contributed by atoms with E-state index in [9.17, 15) is 0 Å². The van der Waals surface area contributed by atoms with Crippen molar-refractivity contribution in [2.45, 2.75) is 19.4 Å². The van der Waals surface area contributed by atoms with Gasteiger partial charge in [0.15, 0.2) is 0 Å². The molecule has 0 amide bonds. The molecule has 0 bridgehead atoms. The third-order valence-electron chi connectivity index (χ3n) is 2.86. The molecular formula is C11H12O2. The van der Waals surface area contributed by atoms with Crippen molar-refractivity contribution in [1.29, 1.82) is 0 Å². The summed E-state index contributed by atoms with van der Waals surface area (Å²) in [7, 11) is 0. The molecule has 2 nitrogen and oxygen atoms in total. The number of hydrogen-bond donors (Lipinski definition) is 0. The summed E-state index contributed by atoms with van der Waals surface area (Å²) in [6.07, 6.45) is 2.12. The van der Waals surface area contributed by atoms with Crippen LogP contribution in [0, 0.1) is 0 Å². The molecule has 1 aromatic carbocycles. The van der Waals surface area contributed by atoms with Crippen molar-refractivity contribution in [2.75, 3.05) is 13.2 Å². The molecule has 0 fully saturated rings. The molecule has 0 unspecified atom stereocenters. The maximum Gasteiger partial charge on any atom is 0.123 e. The summed E-state index contributed by atoms with van der Waals surface area (Å²) in [4.78, 5) is 0. The lowest BCUT2D eigenvalue weighted by atomic mass is 9.96. The monoisotopic (exact) mass is 176 g/mol. The molecular weight excluding hydrogens is 164 g/mol. The highest BCUT2D eigenvalue weighted by molar-refractivity contribution is 5.47. The van der Waals surface area contributed by atoms with Gasteiger partial charge in [0.1, 0.15) is 5.75 Å². The van der Waals surface area contributed by atoms with Crippen molar-refractivity contribution >= 4 is 0 Å². The zero-order valence-electron chi connectivity index (χ0n) is 7.51. The predicted molar refractivity (Wildman–Crippen MR) is 49.0 cm³/mol. The molecule has 2 heterocycles. The van der Waals surface area contributed by atoms with E-state index in [2.05, 4.69) is 12.1 Å². The van der Waals surface area contributed by atoms with E-state index in [1.807, 2.05) is 0 Å². The van der Waals surface area contributed by atoms with Gasteiger partial charge in [-0.2, -0.15) is 0 Å². The Hall–Kier alpha value is -1.02. The Morgan fingerprint density at radius 2 is 2.00 bits per heavy atom. The molecule has 0 aromatic heterocycles. The lowest BCUT2D eigenvalue weighted by molar-refractivity contribution is 0.110. The summed E-state index contributed by atoms with van der Waals surface area (Å²) in [5, 5.41) is 0. The number of ether oxygens (including phenoxy) is 2. The van der Waals surface area contributed by atoms with Gasteiger partial charge in [0.25, 0.3) is 0 Å². The fourth-order valence-corrected chi connectivity index (χ4v) is 2.16. The Bertz CT molecular complexity index is 344. The molecule has 2 aliphatic rings. The van der Waals surface area contributed by atoms with E-state index < -0.39 is 0 Å². The lowest BCUT2D eigenvalue weighted by Crippen LogP contribution is -2.11. The van der Waals surface area contributed by atoms with E-state index in [-0.39, 0.29) is 0 Å². The molecule has 0 N–H and O–H groups in total. The molecule has 2 aliphatic heterocycles. The second kappa shape index (κ2) is 2.74. The van der Waals surface area contributed by atoms with Crippen LogP contribution in [0.5, 0.6) is 5.75 Å². The summed E-state index contributed by atoms with van der Waals surface area (Å²) >= 11 is 0. The van der Waals surface area contributed by atoms with Crippen LogP contribution in [0.2, 0.25) is 0 Å². The maximum atomic E-state index is 5.51. The third-order valence-corrected chi connectivity index (χ3v) is 2.86. The highest BCUT2D eigenvalue weighted by atomic mass is 16.5. The second-order valence-corrected chi connectivity index (χ2v) is 3.58. The second-order valence-electron chi connectivity index (χ2n) is 3.58. The number of fused-ring (bicyclic) bond motifs is 3. The molecule has 0 radical (unpaired) electrons. The van der Waals surface area contributed by atoms with Crippen molar-refractivity contribution in [3.05, 3.63) is 28.8 Å². The number of hydrogen-bond acceptors (Lipinski definition) is 2. The van der Waals surface area contributed by atoms with E-state index in [1.54, 1.807) is 0 Å². The molecule has 3 rings (SSSR count). The number of rotatable bonds is 0. The van der Waals surface area contributed by atoms with Crippen molar-refractivity contribution in [3.63, 3.8) is 0 Å². The summed E-state index contributed by atoms with van der Waals surface area (Å²) in [5.74, 6) is 1.07. The first-order valence-corrected chi connectivity index (χ1v) is 4.79. The minimum Gasteiger partial charge on any atom is -0.493 e. The van der Waals surface area contributed by atoms with Gasteiger partial charge in [0.2, 0.25) is 0 Å². The van der Waals surface area contributed by atoms with Crippen LogP contribution < -0.4 is 4.74 Å². The van der Waals surface area contributed by atoms with E-state index in [0.717, 1.165) is 38.4 Å². The van der Waals surface area contributed by atoms with Crippen LogP contribution in [0.4, 0.5) is 0 Å². The predicted octanol–water partition coefficient (Wildman–Crippen LogP) is 1.69. The Labute approximate surface area is 77.5 Å². The molecule has 1 aromatic rings. The van der Waals surface area contributed by atoms with Crippen LogP contribution in [0.15, 0.2) is 12.1 Å². The smallest absolute Gasteiger partial charge is 0.123 e. The van der Waals surface area contributed by atoms with Gasteiger partial charge in [0, 0.05) is 12.0 Å². The van der Waals surface area contributed by atoms with Crippen molar-refractivity contribution in [1.82, 2.24) is 0 Å². The molecule has 0 saturated carbocycles. The van der Waals surface area contributed by atoms with Crippen molar-refractivity contribution < 1.29 is 9.47 Å². The van der Waals surface area contributed by atoms with Crippen molar-refractivity contribution in [2.24, 2.45) is 0 Å². The van der Waals surface area contributed by atoms with E-state index >= 15 is 0 Å². The van der Waals surface area contributed by atoms with Gasteiger partial charge in [-0.1, -0.05) is 6.07 Å². The SMILES string of the molecule is c1cc2c(c3c1CCOC3)CCO2. The zero-order valence-corrected chi connectivity index (χ0v) is 7.51. The summed E-state index contributed by atoms with van der Waals surface area (Å²) in [6, 6.07) is 4.29. The summed E-state index contributed by atoms with van der Waals surface area (Å²) in [5.41, 5.74) is 4.23. The molecule has 0 spiro atoms. The largest absolute Gasteiger partial charge is 0.493 e. The first kappa shape index (κ1) is 7.39. The minimum absolute atomic E-state index is 0.780. The fourth-order valence-electron chi connectivity index (χ4n) is 2.16. The van der Waals surface area contributed by atoms with Crippen LogP contribution in [0.3, 0.4) is 0 Å². The van der Waals surface area contributed by atoms with Gasteiger partial charge >= 0.3 is 0 Å². The highest BCUT2D eigenvalue weighted by Gasteiger charge is 2.20. The quantitative estimate of drug-likeness (QED) is 0.599. The van der Waals surface area contributed by atoms with Gasteiger partial charge in [0.05, 0.1) is 19.8 Å². The highest BCUT2D eigenvalue weighted by Crippen LogP contribution is 2.32. The normalized spacial score (nSPS) is 19.1. The van der Waals surface area contributed by atoms with E-state index in [4.69, 9.17) is 9.47 Å². The van der Waals surface area contributed by atoms with Crippen LogP contribution in [0.1, 0.15) is 16.7 Å². The first-order chi connectivity index (χ1) is 6.45. The zero-order chi connectivity index (χ0) is 8.67. The third kappa shape index (κ3) is 1.05. The number of benzene rings is 1. The average Bonchev–Trinajstić information content (AvgIpc) is 2.65. The Balaban J connectivity index is 2.17. The van der Waals surface area contributed by atoms with E-state index in [0.29, 0.717) is 0 Å².